The minimum Gasteiger partial charge on any atom is -0.368 e. The molecule has 0 fully saturated rings. The highest BCUT2D eigenvalue weighted by atomic mass is 15.2. The van der Waals surface area contributed by atoms with Gasteiger partial charge in [-0.25, -0.2) is 0 Å². The number of hydrogen-bond donors (Lipinski definition) is 6. The average Bonchev–Trinajstić information content (AvgIpc) is 3.07. The Morgan fingerprint density at radius 2 is 0.417 bits per heavy atom. The summed E-state index contributed by atoms with van der Waals surface area (Å²) in [7, 11) is 0. The Balaban J connectivity index is 1.29. The van der Waals surface area contributed by atoms with E-state index < -0.39 is 0 Å². The molecular formula is C33H27N15. The molecule has 0 atom stereocenters. The molecule has 0 aliphatic heterocycles. The first-order chi connectivity index (χ1) is 23.2. The zero-order valence-electron chi connectivity index (χ0n) is 25.1. The molecule has 0 amide bonds. The minimum absolute atomic E-state index is 0.0563. The highest BCUT2D eigenvalue weighted by molar-refractivity contribution is 5.83. The van der Waals surface area contributed by atoms with Crippen molar-refractivity contribution in [3.8, 4) is 67.5 Å². The Hall–Kier alpha value is -7.29. The summed E-state index contributed by atoms with van der Waals surface area (Å²) in [5, 5.41) is 0. The summed E-state index contributed by atoms with van der Waals surface area (Å²) in [4.78, 5) is 36.8. The summed E-state index contributed by atoms with van der Waals surface area (Å²) in [5.74, 6) is 1.52. The minimum atomic E-state index is 0.0563. The van der Waals surface area contributed by atoms with Crippen LogP contribution in [0.3, 0.4) is 0 Å². The fourth-order valence-corrected chi connectivity index (χ4v) is 5.18. The van der Waals surface area contributed by atoms with E-state index in [1.54, 1.807) is 0 Å². The Labute approximate surface area is 273 Å². The van der Waals surface area contributed by atoms with Gasteiger partial charge in [0.2, 0.25) is 35.7 Å². The number of nitrogens with two attached hydrogens (primary N) is 6. The van der Waals surface area contributed by atoms with Crippen molar-refractivity contribution in [3.63, 3.8) is 0 Å². The smallest absolute Gasteiger partial charge is 0.225 e. The van der Waals surface area contributed by atoms with E-state index in [1.807, 2.05) is 72.8 Å². The number of benzene rings is 4. The van der Waals surface area contributed by atoms with Crippen LogP contribution < -0.4 is 34.4 Å². The van der Waals surface area contributed by atoms with Crippen LogP contribution in [0, 0.1) is 0 Å². The molecule has 0 unspecified atom stereocenters. The molecule has 3 aromatic heterocycles. The normalized spacial score (nSPS) is 11.0. The molecular weight excluding hydrogens is 606 g/mol. The predicted octanol–water partition coefficient (Wildman–Crippen LogP) is 3.74. The van der Waals surface area contributed by atoms with E-state index in [4.69, 9.17) is 34.4 Å². The van der Waals surface area contributed by atoms with E-state index in [0.29, 0.717) is 17.5 Å². The Bertz CT molecular complexity index is 1960. The maximum atomic E-state index is 5.79. The summed E-state index contributed by atoms with van der Waals surface area (Å²) in [6.45, 7) is 0. The lowest BCUT2D eigenvalue weighted by molar-refractivity contribution is 1.09. The van der Waals surface area contributed by atoms with Crippen molar-refractivity contribution in [2.75, 3.05) is 34.4 Å². The third-order valence-electron chi connectivity index (χ3n) is 7.37. The van der Waals surface area contributed by atoms with Crippen LogP contribution in [-0.2, 0) is 0 Å². The van der Waals surface area contributed by atoms with Crippen molar-refractivity contribution < 1.29 is 0 Å². The predicted molar refractivity (Wildman–Crippen MR) is 186 cm³/mol. The summed E-state index contributed by atoms with van der Waals surface area (Å²) in [5.41, 5.74) is 42.8. The Morgan fingerprint density at radius 1 is 0.229 bits per heavy atom. The van der Waals surface area contributed by atoms with Gasteiger partial charge in [0.1, 0.15) is 0 Å². The fraction of sp³-hybridized carbons (Fsp3) is 0. The molecule has 15 heteroatoms. The van der Waals surface area contributed by atoms with Crippen molar-refractivity contribution in [1.29, 1.82) is 0 Å². The number of nitrogens with zero attached hydrogens (tertiary/aromatic N) is 9. The van der Waals surface area contributed by atoms with Crippen LogP contribution in [-0.4, -0.2) is 44.9 Å². The first-order valence-electron chi connectivity index (χ1n) is 14.5. The summed E-state index contributed by atoms with van der Waals surface area (Å²) < 4.78 is 0. The van der Waals surface area contributed by atoms with Gasteiger partial charge in [-0.15, -0.1) is 0 Å². The first-order valence-corrected chi connectivity index (χ1v) is 14.5. The molecule has 15 nitrogen and oxygen atoms in total. The molecule has 0 spiro atoms. The highest BCUT2D eigenvalue weighted by Gasteiger charge is 2.12. The molecule has 0 bridgehead atoms. The fourth-order valence-electron chi connectivity index (χ4n) is 5.18. The lowest BCUT2D eigenvalue weighted by Crippen LogP contribution is -2.04. The molecule has 0 saturated carbocycles. The third kappa shape index (κ3) is 6.14. The van der Waals surface area contributed by atoms with Crippen molar-refractivity contribution in [3.05, 3.63) is 91.0 Å². The van der Waals surface area contributed by atoms with Gasteiger partial charge in [-0.2, -0.15) is 44.9 Å². The molecule has 0 aliphatic rings. The first kappa shape index (κ1) is 29.4. The van der Waals surface area contributed by atoms with E-state index in [2.05, 4.69) is 63.1 Å². The Morgan fingerprint density at radius 3 is 0.625 bits per heavy atom. The standard InChI is InChI=1S/C33H27N15/c34-28-40-25(41-29(35)46-28)19-7-1-16(2-8-19)22-13-23(17-3-9-20(10-4-17)26-42-30(36)47-31(37)43-26)15-24(14-22)18-5-11-21(12-6-18)27-44-32(38)48-33(39)45-27/h1-15H,(H4,34,35,40,41,46)(H4,36,37,42,43,47)(H4,38,39,44,45,48). The van der Waals surface area contributed by atoms with Gasteiger partial charge in [0.25, 0.3) is 0 Å². The van der Waals surface area contributed by atoms with Gasteiger partial charge in [-0.3, -0.25) is 0 Å². The molecule has 12 N–H and O–H groups in total. The van der Waals surface area contributed by atoms with Crippen LogP contribution in [0.15, 0.2) is 91.0 Å². The quantitative estimate of drug-likeness (QED) is 0.152. The molecule has 0 saturated heterocycles. The number of aromatic nitrogens is 9. The molecule has 48 heavy (non-hydrogen) atoms. The molecule has 7 rings (SSSR count). The van der Waals surface area contributed by atoms with E-state index in [-0.39, 0.29) is 35.7 Å². The Kier molecular flexibility index (Phi) is 7.29. The van der Waals surface area contributed by atoms with Crippen molar-refractivity contribution in [2.45, 2.75) is 0 Å². The third-order valence-corrected chi connectivity index (χ3v) is 7.37. The SMILES string of the molecule is Nc1nc(N)nc(-c2ccc(-c3cc(-c4ccc(-c5nc(N)nc(N)n5)cc4)cc(-c4ccc(-c5nc(N)nc(N)n5)cc4)c3)cc2)n1. The molecule has 7 aromatic rings. The van der Waals surface area contributed by atoms with Crippen LogP contribution >= 0.6 is 0 Å². The maximum Gasteiger partial charge on any atom is 0.225 e. The number of rotatable bonds is 6. The van der Waals surface area contributed by atoms with E-state index in [1.165, 1.54) is 0 Å². The number of nitrogen functional groups attached to an aromatic ring is 6. The van der Waals surface area contributed by atoms with E-state index >= 15 is 0 Å². The van der Waals surface area contributed by atoms with Crippen molar-refractivity contribution >= 4 is 35.7 Å². The molecule has 3 heterocycles. The van der Waals surface area contributed by atoms with Gasteiger partial charge in [0, 0.05) is 16.7 Å². The van der Waals surface area contributed by atoms with Crippen LogP contribution in [0.25, 0.3) is 67.5 Å². The van der Waals surface area contributed by atoms with Gasteiger partial charge in [0.05, 0.1) is 0 Å². The summed E-state index contributed by atoms with van der Waals surface area (Å²) in [6.07, 6.45) is 0. The molecule has 234 valence electrons. The average molecular weight is 634 g/mol. The van der Waals surface area contributed by atoms with Gasteiger partial charge >= 0.3 is 0 Å². The van der Waals surface area contributed by atoms with Crippen molar-refractivity contribution in [1.82, 2.24) is 44.9 Å². The van der Waals surface area contributed by atoms with Crippen LogP contribution in [0.5, 0.6) is 0 Å². The maximum absolute atomic E-state index is 5.79. The van der Waals surface area contributed by atoms with Crippen LogP contribution in [0.1, 0.15) is 0 Å². The van der Waals surface area contributed by atoms with Gasteiger partial charge in [-0.05, 0) is 51.6 Å². The summed E-state index contributed by atoms with van der Waals surface area (Å²) >= 11 is 0. The van der Waals surface area contributed by atoms with Crippen LogP contribution in [0.4, 0.5) is 35.7 Å². The van der Waals surface area contributed by atoms with E-state index in [0.717, 1.165) is 50.1 Å². The second-order valence-corrected chi connectivity index (χ2v) is 10.7. The number of anilines is 6. The monoisotopic (exact) mass is 633 g/mol. The summed E-state index contributed by atoms with van der Waals surface area (Å²) in [6, 6.07) is 29.8. The van der Waals surface area contributed by atoms with E-state index in [9.17, 15) is 0 Å². The molecule has 4 aromatic carbocycles. The second-order valence-electron chi connectivity index (χ2n) is 10.7. The van der Waals surface area contributed by atoms with Crippen LogP contribution in [0.2, 0.25) is 0 Å². The number of hydrogen-bond acceptors (Lipinski definition) is 15. The topological polar surface area (TPSA) is 272 Å². The van der Waals surface area contributed by atoms with Gasteiger partial charge < -0.3 is 34.4 Å². The van der Waals surface area contributed by atoms with Crippen molar-refractivity contribution in [2.24, 2.45) is 0 Å². The lowest BCUT2D eigenvalue weighted by atomic mass is 9.92. The second kappa shape index (κ2) is 11.9. The molecule has 0 radical (unpaired) electrons. The lowest BCUT2D eigenvalue weighted by Gasteiger charge is -2.13. The largest absolute Gasteiger partial charge is 0.368 e. The molecule has 0 aliphatic carbocycles. The highest BCUT2D eigenvalue weighted by Crippen LogP contribution is 2.35. The van der Waals surface area contributed by atoms with Gasteiger partial charge in [-0.1, -0.05) is 72.8 Å². The zero-order chi connectivity index (χ0) is 33.4. The van der Waals surface area contributed by atoms with Gasteiger partial charge in [0.15, 0.2) is 17.5 Å². The zero-order valence-corrected chi connectivity index (χ0v) is 25.1.